The fourth-order valence-corrected chi connectivity index (χ4v) is 3.78. The van der Waals surface area contributed by atoms with E-state index in [1.165, 1.54) is 49.0 Å². The summed E-state index contributed by atoms with van der Waals surface area (Å²) >= 11 is 0. The summed E-state index contributed by atoms with van der Waals surface area (Å²) in [5, 5.41) is 4.56. The lowest BCUT2D eigenvalue weighted by molar-refractivity contribution is -0.119. The zero-order valence-corrected chi connectivity index (χ0v) is 20.3. The summed E-state index contributed by atoms with van der Waals surface area (Å²) < 4.78 is 33.4. The van der Waals surface area contributed by atoms with Gasteiger partial charge in [0.15, 0.2) is 11.6 Å². The molecular weight excluding hydrogens is 478 g/mol. The summed E-state index contributed by atoms with van der Waals surface area (Å²) in [4.78, 5) is 30.5. The second kappa shape index (κ2) is 12.1. The minimum atomic E-state index is -0.820. The SMILES string of the molecule is CCC1CN(CC#Cc2cnccc2Oc2ccc(NC(=O)NC(=O)Cc3ccc(F)cc3)cc2F)C1. The van der Waals surface area contributed by atoms with Gasteiger partial charge in [0, 0.05) is 43.3 Å². The third-order valence-electron chi connectivity index (χ3n) is 5.86. The van der Waals surface area contributed by atoms with Crippen LogP contribution in [0.5, 0.6) is 11.5 Å². The Morgan fingerprint density at radius 3 is 2.62 bits per heavy atom. The summed E-state index contributed by atoms with van der Waals surface area (Å²) in [5.74, 6) is 5.49. The Kier molecular flexibility index (Phi) is 8.44. The van der Waals surface area contributed by atoms with Crippen LogP contribution in [0.4, 0.5) is 19.3 Å². The molecule has 0 bridgehead atoms. The highest BCUT2D eigenvalue weighted by Crippen LogP contribution is 2.28. The minimum Gasteiger partial charge on any atom is -0.453 e. The van der Waals surface area contributed by atoms with Gasteiger partial charge in [-0.1, -0.05) is 37.3 Å². The maximum absolute atomic E-state index is 14.7. The van der Waals surface area contributed by atoms with E-state index in [1.54, 1.807) is 12.3 Å². The van der Waals surface area contributed by atoms with Gasteiger partial charge < -0.3 is 10.1 Å². The Bertz CT molecular complexity index is 1330. The van der Waals surface area contributed by atoms with E-state index in [1.807, 2.05) is 0 Å². The number of carbonyl (C=O) groups excluding carboxylic acids is 2. The number of likely N-dealkylation sites (tertiary alicyclic amines) is 1. The van der Waals surface area contributed by atoms with E-state index in [-0.39, 0.29) is 17.9 Å². The highest BCUT2D eigenvalue weighted by atomic mass is 19.1. The lowest BCUT2D eigenvalue weighted by Crippen LogP contribution is -2.46. The third-order valence-corrected chi connectivity index (χ3v) is 5.86. The Hall–Kier alpha value is -4.29. The molecule has 1 fully saturated rings. The lowest BCUT2D eigenvalue weighted by Gasteiger charge is -2.37. The fraction of sp³-hybridized carbons (Fsp3) is 0.250. The van der Waals surface area contributed by atoms with E-state index in [0.717, 1.165) is 25.1 Å². The van der Waals surface area contributed by atoms with Gasteiger partial charge in [-0.05, 0) is 35.7 Å². The molecule has 3 aromatic rings. The zero-order valence-electron chi connectivity index (χ0n) is 20.3. The van der Waals surface area contributed by atoms with E-state index < -0.39 is 23.6 Å². The molecule has 2 N–H and O–H groups in total. The first kappa shape index (κ1) is 25.8. The largest absolute Gasteiger partial charge is 0.453 e. The van der Waals surface area contributed by atoms with Crippen LogP contribution in [0.3, 0.4) is 0 Å². The minimum absolute atomic E-state index is 0.0545. The quantitative estimate of drug-likeness (QED) is 0.455. The van der Waals surface area contributed by atoms with Gasteiger partial charge in [-0.3, -0.25) is 20.0 Å². The molecule has 0 spiro atoms. The molecule has 4 rings (SSSR count). The van der Waals surface area contributed by atoms with Crippen molar-refractivity contribution in [3.05, 3.63) is 83.7 Å². The fourth-order valence-electron chi connectivity index (χ4n) is 3.78. The van der Waals surface area contributed by atoms with Gasteiger partial charge in [-0.15, -0.1) is 0 Å². The molecule has 1 aliphatic heterocycles. The van der Waals surface area contributed by atoms with Crippen LogP contribution in [0.25, 0.3) is 0 Å². The van der Waals surface area contributed by atoms with Crippen LogP contribution in [0.2, 0.25) is 0 Å². The maximum atomic E-state index is 14.7. The highest BCUT2D eigenvalue weighted by Gasteiger charge is 2.23. The number of nitrogens with one attached hydrogen (secondary N) is 2. The number of hydrogen-bond donors (Lipinski definition) is 2. The Labute approximate surface area is 213 Å². The lowest BCUT2D eigenvalue weighted by atomic mass is 9.98. The molecule has 190 valence electrons. The predicted molar refractivity (Wildman–Crippen MR) is 135 cm³/mol. The molecular formula is C28H26F2N4O3. The first-order valence-corrected chi connectivity index (χ1v) is 11.9. The van der Waals surface area contributed by atoms with E-state index in [9.17, 15) is 18.4 Å². The van der Waals surface area contributed by atoms with Gasteiger partial charge in [0.25, 0.3) is 0 Å². The molecule has 0 radical (unpaired) electrons. The second-order valence-electron chi connectivity index (χ2n) is 8.69. The van der Waals surface area contributed by atoms with Crippen LogP contribution >= 0.6 is 0 Å². The van der Waals surface area contributed by atoms with Crippen molar-refractivity contribution >= 4 is 17.6 Å². The molecule has 2 heterocycles. The summed E-state index contributed by atoms with van der Waals surface area (Å²) in [6.45, 7) is 4.93. The Balaban J connectivity index is 1.32. The third kappa shape index (κ3) is 7.35. The maximum Gasteiger partial charge on any atom is 0.325 e. The second-order valence-corrected chi connectivity index (χ2v) is 8.69. The molecule has 7 nitrogen and oxygen atoms in total. The van der Waals surface area contributed by atoms with Gasteiger partial charge in [0.2, 0.25) is 5.91 Å². The summed E-state index contributed by atoms with van der Waals surface area (Å²) in [7, 11) is 0. The average molecular weight is 505 g/mol. The average Bonchev–Trinajstić information content (AvgIpc) is 2.84. The number of urea groups is 1. The number of halogens is 2. The monoisotopic (exact) mass is 504 g/mol. The summed E-state index contributed by atoms with van der Waals surface area (Å²) in [6.07, 6.45) is 4.16. The van der Waals surface area contributed by atoms with Crippen molar-refractivity contribution in [3.63, 3.8) is 0 Å². The normalized spacial score (nSPS) is 13.2. The van der Waals surface area contributed by atoms with Gasteiger partial charge in [0.05, 0.1) is 18.5 Å². The summed E-state index contributed by atoms with van der Waals surface area (Å²) in [6, 6.07) is 10.0. The molecule has 0 saturated carbocycles. The van der Waals surface area contributed by atoms with Gasteiger partial charge in [-0.2, -0.15) is 0 Å². The molecule has 1 aromatic heterocycles. The predicted octanol–water partition coefficient (Wildman–Crippen LogP) is 4.74. The van der Waals surface area contributed by atoms with Gasteiger partial charge >= 0.3 is 6.03 Å². The molecule has 0 aliphatic carbocycles. The van der Waals surface area contributed by atoms with Gasteiger partial charge in [0.1, 0.15) is 11.6 Å². The van der Waals surface area contributed by atoms with E-state index in [0.29, 0.717) is 23.4 Å². The van der Waals surface area contributed by atoms with Crippen molar-refractivity contribution in [2.24, 2.45) is 5.92 Å². The van der Waals surface area contributed by atoms with Crippen molar-refractivity contribution in [1.82, 2.24) is 15.2 Å². The number of hydrogen-bond acceptors (Lipinski definition) is 5. The number of rotatable bonds is 7. The Morgan fingerprint density at radius 1 is 1.11 bits per heavy atom. The number of imide groups is 1. The number of amides is 3. The number of pyridine rings is 1. The first-order chi connectivity index (χ1) is 17.9. The summed E-state index contributed by atoms with van der Waals surface area (Å²) in [5.41, 5.74) is 1.22. The smallest absolute Gasteiger partial charge is 0.325 e. The number of carbonyl (C=O) groups is 2. The van der Waals surface area contributed by atoms with Crippen LogP contribution in [0.15, 0.2) is 60.9 Å². The van der Waals surface area contributed by atoms with Crippen LogP contribution in [0, 0.1) is 29.4 Å². The number of benzene rings is 2. The zero-order chi connectivity index (χ0) is 26.2. The highest BCUT2D eigenvalue weighted by molar-refractivity contribution is 6.01. The van der Waals surface area contributed by atoms with E-state index in [4.69, 9.17) is 4.74 Å². The van der Waals surface area contributed by atoms with Crippen molar-refractivity contribution < 1.29 is 23.1 Å². The van der Waals surface area contributed by atoms with Crippen molar-refractivity contribution in [2.75, 3.05) is 25.0 Å². The molecule has 3 amide bonds. The number of anilines is 1. The van der Waals surface area contributed by atoms with E-state index in [2.05, 4.69) is 39.3 Å². The standard InChI is InChI=1S/C28H26F2N4O3/c1-2-19-17-34(18-19)13-3-4-21-16-31-12-11-25(21)37-26-10-9-23(15-24(26)30)32-28(36)33-27(35)14-20-5-7-22(29)8-6-20/h5-12,15-16,19H,2,13-14,17-18H2,1H3,(H2,32,33,35,36). The van der Waals surface area contributed by atoms with Crippen molar-refractivity contribution in [1.29, 1.82) is 0 Å². The number of nitrogens with zero attached hydrogens (tertiary/aromatic N) is 2. The Morgan fingerprint density at radius 2 is 1.89 bits per heavy atom. The van der Waals surface area contributed by atoms with Crippen molar-refractivity contribution in [3.8, 4) is 23.3 Å². The molecule has 2 aromatic carbocycles. The number of ether oxygens (including phenoxy) is 1. The van der Waals surface area contributed by atoms with Crippen LogP contribution in [0.1, 0.15) is 24.5 Å². The van der Waals surface area contributed by atoms with Gasteiger partial charge in [-0.25, -0.2) is 13.6 Å². The van der Waals surface area contributed by atoms with Crippen LogP contribution in [-0.2, 0) is 11.2 Å². The first-order valence-electron chi connectivity index (χ1n) is 11.9. The van der Waals surface area contributed by atoms with E-state index >= 15 is 0 Å². The molecule has 0 atom stereocenters. The topological polar surface area (TPSA) is 83.6 Å². The van der Waals surface area contributed by atoms with Crippen LogP contribution < -0.4 is 15.4 Å². The molecule has 0 unspecified atom stereocenters. The number of aromatic nitrogens is 1. The van der Waals surface area contributed by atoms with Crippen molar-refractivity contribution in [2.45, 2.75) is 19.8 Å². The molecule has 1 saturated heterocycles. The molecule has 1 aliphatic rings. The van der Waals surface area contributed by atoms with Crippen LogP contribution in [-0.4, -0.2) is 41.5 Å². The molecule has 9 heteroatoms. The molecule has 37 heavy (non-hydrogen) atoms.